The van der Waals surface area contributed by atoms with Crippen molar-refractivity contribution in [1.29, 1.82) is 0 Å². The predicted molar refractivity (Wildman–Crippen MR) is 123 cm³/mol. The highest BCUT2D eigenvalue weighted by Gasteiger charge is 2.29. The largest absolute Gasteiger partial charge is 0.495 e. The summed E-state index contributed by atoms with van der Waals surface area (Å²) in [5.74, 6) is 0.786. The minimum absolute atomic E-state index is 0.0288. The number of carbonyl (C=O) groups is 1. The first-order valence-electron chi connectivity index (χ1n) is 10.3. The topological polar surface area (TPSA) is 103 Å². The van der Waals surface area contributed by atoms with E-state index in [1.165, 1.54) is 13.2 Å². The number of anilines is 1. The summed E-state index contributed by atoms with van der Waals surface area (Å²) in [6.45, 7) is 1.90. The van der Waals surface area contributed by atoms with Gasteiger partial charge in [0.05, 0.1) is 7.11 Å². The fourth-order valence-corrected chi connectivity index (χ4v) is 4.94. The van der Waals surface area contributed by atoms with Gasteiger partial charge in [-0.2, -0.15) is 4.72 Å². The third-order valence-corrected chi connectivity index (χ3v) is 6.64. The number of hydrogen-bond donors (Lipinski definition) is 2. The monoisotopic (exact) mass is 468 g/mol. The molecule has 33 heavy (non-hydrogen) atoms. The Hall–Kier alpha value is -3.56. The van der Waals surface area contributed by atoms with E-state index in [1.807, 2.05) is 30.3 Å². The highest BCUT2D eigenvalue weighted by Crippen LogP contribution is 2.34. The molecule has 172 valence electrons. The van der Waals surface area contributed by atoms with E-state index in [4.69, 9.17) is 14.2 Å². The lowest BCUT2D eigenvalue weighted by Crippen LogP contribution is -2.45. The first-order chi connectivity index (χ1) is 15.9. The van der Waals surface area contributed by atoms with Crippen LogP contribution in [0.25, 0.3) is 0 Å². The van der Waals surface area contributed by atoms with Gasteiger partial charge in [0.2, 0.25) is 22.7 Å². The normalized spacial score (nSPS) is 13.4. The molecule has 3 aromatic rings. The van der Waals surface area contributed by atoms with Crippen LogP contribution in [-0.4, -0.2) is 34.3 Å². The second kappa shape index (κ2) is 9.51. The number of sulfonamides is 1. The molecule has 0 aromatic heterocycles. The Balaban J connectivity index is 1.62. The maximum absolute atomic E-state index is 13.3. The lowest BCUT2D eigenvalue weighted by Gasteiger charge is -2.20. The van der Waals surface area contributed by atoms with Crippen molar-refractivity contribution >= 4 is 21.6 Å². The van der Waals surface area contributed by atoms with Crippen molar-refractivity contribution in [3.63, 3.8) is 0 Å². The van der Waals surface area contributed by atoms with E-state index in [-0.39, 0.29) is 23.9 Å². The Morgan fingerprint density at radius 3 is 2.55 bits per heavy atom. The molecule has 9 heteroatoms. The zero-order chi connectivity index (χ0) is 23.4. The van der Waals surface area contributed by atoms with Crippen LogP contribution in [0.15, 0.2) is 71.6 Å². The van der Waals surface area contributed by atoms with E-state index in [9.17, 15) is 13.2 Å². The Morgan fingerprint density at radius 2 is 1.79 bits per heavy atom. The quantitative estimate of drug-likeness (QED) is 0.526. The van der Waals surface area contributed by atoms with Gasteiger partial charge in [0.15, 0.2) is 11.5 Å². The molecular weight excluding hydrogens is 444 g/mol. The van der Waals surface area contributed by atoms with Crippen LogP contribution in [0.1, 0.15) is 11.1 Å². The minimum Gasteiger partial charge on any atom is -0.495 e. The SMILES string of the molecule is COc1ccc(C)cc1S(=O)(=O)N[C@H](Cc1ccccc1)C(=O)Nc1ccc2c(c1)OCO2. The van der Waals surface area contributed by atoms with Crippen LogP contribution >= 0.6 is 0 Å². The maximum atomic E-state index is 13.3. The molecular formula is C24H24N2O6S. The number of nitrogens with one attached hydrogen (secondary N) is 2. The van der Waals surface area contributed by atoms with Gasteiger partial charge in [0.1, 0.15) is 16.7 Å². The van der Waals surface area contributed by atoms with Gasteiger partial charge in [-0.1, -0.05) is 36.4 Å². The van der Waals surface area contributed by atoms with Crippen LogP contribution < -0.4 is 24.2 Å². The van der Waals surface area contributed by atoms with Crippen LogP contribution in [0.2, 0.25) is 0 Å². The summed E-state index contributed by atoms with van der Waals surface area (Å²) in [7, 11) is -2.67. The van der Waals surface area contributed by atoms with Crippen LogP contribution in [0, 0.1) is 6.92 Å². The number of ether oxygens (including phenoxy) is 3. The summed E-state index contributed by atoms with van der Waals surface area (Å²) >= 11 is 0. The molecule has 0 fully saturated rings. The molecule has 1 amide bonds. The third kappa shape index (κ3) is 5.27. The number of methoxy groups -OCH3 is 1. The molecule has 0 bridgehead atoms. The van der Waals surface area contributed by atoms with Crippen LogP contribution in [0.4, 0.5) is 5.69 Å². The van der Waals surface area contributed by atoms with Gasteiger partial charge in [-0.15, -0.1) is 0 Å². The van der Waals surface area contributed by atoms with E-state index in [1.54, 1.807) is 37.3 Å². The Kier molecular flexibility index (Phi) is 6.52. The minimum atomic E-state index is -4.07. The average Bonchev–Trinajstić information content (AvgIpc) is 3.27. The highest BCUT2D eigenvalue weighted by atomic mass is 32.2. The molecule has 2 N–H and O–H groups in total. The van der Waals surface area contributed by atoms with E-state index in [2.05, 4.69) is 10.0 Å². The van der Waals surface area contributed by atoms with Crippen molar-refractivity contribution in [2.75, 3.05) is 19.2 Å². The summed E-state index contributed by atoms with van der Waals surface area (Å²) in [5.41, 5.74) is 2.03. The van der Waals surface area contributed by atoms with Gasteiger partial charge in [0.25, 0.3) is 0 Å². The molecule has 0 saturated carbocycles. The number of fused-ring (bicyclic) bond motifs is 1. The number of aryl methyl sites for hydroxylation is 1. The molecule has 3 aromatic carbocycles. The molecule has 0 spiro atoms. The van der Waals surface area contributed by atoms with Crippen LogP contribution in [0.5, 0.6) is 17.2 Å². The molecule has 0 radical (unpaired) electrons. The van der Waals surface area contributed by atoms with Crippen LogP contribution in [-0.2, 0) is 21.2 Å². The Morgan fingerprint density at radius 1 is 1.03 bits per heavy atom. The Labute approximate surface area is 192 Å². The van der Waals surface area contributed by atoms with Gasteiger partial charge in [0, 0.05) is 11.8 Å². The van der Waals surface area contributed by atoms with Gasteiger partial charge < -0.3 is 19.5 Å². The first-order valence-corrected chi connectivity index (χ1v) is 11.8. The smallest absolute Gasteiger partial charge is 0.245 e. The van der Waals surface area contributed by atoms with E-state index in [0.29, 0.717) is 17.2 Å². The standard InChI is InChI=1S/C24H24N2O6S/c1-16-8-10-21(30-2)23(12-16)33(28,29)26-19(13-17-6-4-3-5-7-17)24(27)25-18-9-11-20-22(14-18)32-15-31-20/h3-12,14,19,26H,13,15H2,1-2H3,(H,25,27)/t19-/m1/s1. The molecule has 1 aliphatic heterocycles. The molecule has 0 unspecified atom stereocenters. The predicted octanol–water partition coefficient (Wildman–Crippen LogP) is 3.26. The van der Waals surface area contributed by atoms with Gasteiger partial charge in [-0.3, -0.25) is 4.79 Å². The van der Waals surface area contributed by atoms with Crippen molar-refractivity contribution < 1.29 is 27.4 Å². The number of amides is 1. The average molecular weight is 469 g/mol. The summed E-state index contributed by atoms with van der Waals surface area (Å²) in [6, 6.07) is 18.0. The lowest BCUT2D eigenvalue weighted by molar-refractivity contribution is -0.117. The van der Waals surface area contributed by atoms with Crippen molar-refractivity contribution in [3.05, 3.63) is 77.9 Å². The molecule has 1 atom stereocenters. The Bertz CT molecular complexity index is 1260. The third-order valence-electron chi connectivity index (χ3n) is 5.15. The van der Waals surface area contributed by atoms with Gasteiger partial charge in [-0.05, 0) is 48.7 Å². The fraction of sp³-hybridized carbons (Fsp3) is 0.208. The summed E-state index contributed by atoms with van der Waals surface area (Å²) in [6.07, 6.45) is 0.157. The van der Waals surface area contributed by atoms with E-state index in [0.717, 1.165) is 11.1 Å². The van der Waals surface area contributed by atoms with Crippen molar-refractivity contribution in [2.45, 2.75) is 24.3 Å². The zero-order valence-electron chi connectivity index (χ0n) is 18.2. The zero-order valence-corrected chi connectivity index (χ0v) is 19.0. The molecule has 1 heterocycles. The number of rotatable bonds is 8. The maximum Gasteiger partial charge on any atom is 0.245 e. The lowest BCUT2D eigenvalue weighted by atomic mass is 10.1. The van der Waals surface area contributed by atoms with E-state index >= 15 is 0 Å². The molecule has 4 rings (SSSR count). The van der Waals surface area contributed by atoms with Crippen molar-refractivity contribution in [2.24, 2.45) is 0 Å². The number of hydrogen-bond acceptors (Lipinski definition) is 6. The van der Waals surface area contributed by atoms with E-state index < -0.39 is 22.0 Å². The molecule has 1 aliphatic rings. The highest BCUT2D eigenvalue weighted by molar-refractivity contribution is 7.89. The van der Waals surface area contributed by atoms with Crippen LogP contribution in [0.3, 0.4) is 0 Å². The molecule has 8 nitrogen and oxygen atoms in total. The van der Waals surface area contributed by atoms with Gasteiger partial charge >= 0.3 is 0 Å². The number of carbonyl (C=O) groups excluding carboxylic acids is 1. The fourth-order valence-electron chi connectivity index (χ4n) is 3.49. The van der Waals surface area contributed by atoms with Crippen molar-refractivity contribution in [3.8, 4) is 17.2 Å². The molecule has 0 aliphatic carbocycles. The summed E-state index contributed by atoms with van der Waals surface area (Å²) in [5, 5.41) is 2.77. The van der Waals surface area contributed by atoms with Gasteiger partial charge in [-0.25, -0.2) is 8.42 Å². The van der Waals surface area contributed by atoms with Crippen molar-refractivity contribution in [1.82, 2.24) is 4.72 Å². The second-order valence-electron chi connectivity index (χ2n) is 7.58. The first kappa shape index (κ1) is 22.6. The number of benzene rings is 3. The second-order valence-corrected chi connectivity index (χ2v) is 9.26. The summed E-state index contributed by atoms with van der Waals surface area (Å²) < 4.78 is 45.0. The molecule has 0 saturated heterocycles. The summed E-state index contributed by atoms with van der Waals surface area (Å²) in [4.78, 5) is 13.2.